The zero-order valence-corrected chi connectivity index (χ0v) is 11.2. The summed E-state index contributed by atoms with van der Waals surface area (Å²) in [5, 5.41) is 3.50. The van der Waals surface area contributed by atoms with Gasteiger partial charge >= 0.3 is 0 Å². The smallest absolute Gasteiger partial charge is 0.130 e. The van der Waals surface area contributed by atoms with Crippen LogP contribution in [0.3, 0.4) is 0 Å². The summed E-state index contributed by atoms with van der Waals surface area (Å²) in [6.07, 6.45) is 8.11. The summed E-state index contributed by atoms with van der Waals surface area (Å²) >= 11 is 3.36. The summed E-state index contributed by atoms with van der Waals surface area (Å²) in [7, 11) is 0. The van der Waals surface area contributed by atoms with Crippen LogP contribution >= 0.6 is 15.9 Å². The average Bonchev–Trinajstić information content (AvgIpc) is 2.44. The van der Waals surface area contributed by atoms with Crippen molar-refractivity contribution in [3.63, 3.8) is 0 Å². The maximum atomic E-state index is 4.23. The molecule has 1 aliphatic carbocycles. The Morgan fingerprint density at radius 3 is 2.94 bits per heavy atom. The fourth-order valence-electron chi connectivity index (χ4n) is 2.25. The van der Waals surface area contributed by atoms with Crippen LogP contribution in [0.1, 0.15) is 39.0 Å². The van der Waals surface area contributed by atoms with Gasteiger partial charge in [0.05, 0.1) is 0 Å². The molecule has 3 nitrogen and oxygen atoms in total. The minimum absolute atomic E-state index is 0.576. The highest BCUT2D eigenvalue weighted by Crippen LogP contribution is 2.24. The van der Waals surface area contributed by atoms with E-state index in [2.05, 4.69) is 38.1 Å². The minimum atomic E-state index is 0.576. The van der Waals surface area contributed by atoms with Gasteiger partial charge < -0.3 is 5.32 Å². The zero-order valence-electron chi connectivity index (χ0n) is 9.62. The van der Waals surface area contributed by atoms with Gasteiger partial charge in [0.15, 0.2) is 0 Å². The van der Waals surface area contributed by atoms with Crippen LogP contribution < -0.4 is 5.32 Å². The first-order chi connectivity index (χ1) is 7.74. The number of halogens is 1. The van der Waals surface area contributed by atoms with E-state index >= 15 is 0 Å². The van der Waals surface area contributed by atoms with E-state index in [0.717, 1.165) is 16.3 Å². The molecule has 1 heterocycles. The monoisotopic (exact) mass is 283 g/mol. The van der Waals surface area contributed by atoms with Crippen molar-refractivity contribution in [2.45, 2.75) is 45.1 Å². The van der Waals surface area contributed by atoms with Crippen molar-refractivity contribution in [3.8, 4) is 0 Å². The number of hydrogen-bond donors (Lipinski definition) is 1. The highest BCUT2D eigenvalue weighted by atomic mass is 79.9. The quantitative estimate of drug-likeness (QED) is 0.666. The zero-order chi connectivity index (χ0) is 11.4. The lowest BCUT2D eigenvalue weighted by Crippen LogP contribution is -2.19. The summed E-state index contributed by atoms with van der Waals surface area (Å²) in [6.45, 7) is 2.35. The van der Waals surface area contributed by atoms with Crippen molar-refractivity contribution in [1.29, 1.82) is 0 Å². The van der Waals surface area contributed by atoms with E-state index in [9.17, 15) is 0 Å². The molecular formula is C12H18BrN3. The SMILES string of the molecule is CC1CCCC(Nc2cc(Br)ncn2)CC1. The first-order valence-corrected chi connectivity index (χ1v) is 6.77. The summed E-state index contributed by atoms with van der Waals surface area (Å²) in [4.78, 5) is 8.26. The molecule has 1 aliphatic rings. The Balaban J connectivity index is 1.93. The van der Waals surface area contributed by atoms with Gasteiger partial charge in [0.1, 0.15) is 16.7 Å². The van der Waals surface area contributed by atoms with Gasteiger partial charge in [-0.15, -0.1) is 0 Å². The Kier molecular flexibility index (Phi) is 4.16. The molecule has 0 radical (unpaired) electrons. The van der Waals surface area contributed by atoms with Crippen LogP contribution in [0.5, 0.6) is 0 Å². The molecule has 4 heteroatoms. The molecule has 0 aromatic carbocycles. The third-order valence-corrected chi connectivity index (χ3v) is 3.68. The average molecular weight is 284 g/mol. The third-order valence-electron chi connectivity index (χ3n) is 3.24. The van der Waals surface area contributed by atoms with Crippen LogP contribution in [0.15, 0.2) is 17.0 Å². The highest BCUT2D eigenvalue weighted by molar-refractivity contribution is 9.10. The van der Waals surface area contributed by atoms with Gasteiger partial charge in [-0.05, 0) is 41.1 Å². The van der Waals surface area contributed by atoms with Crippen LogP contribution in [0, 0.1) is 5.92 Å². The highest BCUT2D eigenvalue weighted by Gasteiger charge is 2.16. The molecule has 0 spiro atoms. The van der Waals surface area contributed by atoms with Gasteiger partial charge in [-0.2, -0.15) is 0 Å². The molecule has 2 unspecified atom stereocenters. The lowest BCUT2D eigenvalue weighted by Gasteiger charge is -2.16. The fraction of sp³-hybridized carbons (Fsp3) is 0.667. The molecular weight excluding hydrogens is 266 g/mol. The molecule has 1 fully saturated rings. The molecule has 1 saturated carbocycles. The third kappa shape index (κ3) is 3.44. The first-order valence-electron chi connectivity index (χ1n) is 5.98. The first kappa shape index (κ1) is 11.8. The van der Waals surface area contributed by atoms with E-state index in [0.29, 0.717) is 6.04 Å². The predicted molar refractivity (Wildman–Crippen MR) is 69.4 cm³/mol. The Bertz CT molecular complexity index is 343. The number of rotatable bonds is 2. The molecule has 1 aromatic rings. The van der Waals surface area contributed by atoms with Crippen molar-refractivity contribution in [2.24, 2.45) is 5.92 Å². The van der Waals surface area contributed by atoms with E-state index < -0.39 is 0 Å². The van der Waals surface area contributed by atoms with Crippen LogP contribution in [-0.4, -0.2) is 16.0 Å². The molecule has 0 amide bonds. The standard InChI is InChI=1S/C12H18BrN3/c1-9-3-2-4-10(6-5-9)16-12-7-11(13)14-8-15-12/h7-10H,2-6H2,1H3,(H,14,15,16). The lowest BCUT2D eigenvalue weighted by molar-refractivity contribution is 0.502. The number of aromatic nitrogens is 2. The fourth-order valence-corrected chi connectivity index (χ4v) is 2.56. The summed E-state index contributed by atoms with van der Waals surface area (Å²) in [5.41, 5.74) is 0. The lowest BCUT2D eigenvalue weighted by atomic mass is 10.0. The maximum absolute atomic E-state index is 4.23. The largest absolute Gasteiger partial charge is 0.367 e. The number of hydrogen-bond acceptors (Lipinski definition) is 3. The van der Waals surface area contributed by atoms with Crippen molar-refractivity contribution >= 4 is 21.7 Å². The Morgan fingerprint density at radius 2 is 2.12 bits per heavy atom. The van der Waals surface area contributed by atoms with Crippen LogP contribution in [0.4, 0.5) is 5.82 Å². The number of nitrogens with one attached hydrogen (secondary N) is 1. The van der Waals surface area contributed by atoms with Crippen LogP contribution in [0.25, 0.3) is 0 Å². The number of nitrogens with zero attached hydrogens (tertiary/aromatic N) is 2. The summed E-state index contributed by atoms with van der Waals surface area (Å²) < 4.78 is 0.840. The summed E-state index contributed by atoms with van der Waals surface area (Å²) in [5.74, 6) is 1.81. The van der Waals surface area contributed by atoms with E-state index in [1.54, 1.807) is 6.33 Å². The van der Waals surface area contributed by atoms with E-state index in [1.165, 1.54) is 32.1 Å². The maximum Gasteiger partial charge on any atom is 0.130 e. The number of anilines is 1. The minimum Gasteiger partial charge on any atom is -0.367 e. The Labute approximate surface area is 105 Å². The van der Waals surface area contributed by atoms with Crippen molar-refractivity contribution in [1.82, 2.24) is 9.97 Å². The molecule has 16 heavy (non-hydrogen) atoms. The topological polar surface area (TPSA) is 37.8 Å². The van der Waals surface area contributed by atoms with Gasteiger partial charge in [0, 0.05) is 12.1 Å². The van der Waals surface area contributed by atoms with Gasteiger partial charge in [-0.25, -0.2) is 9.97 Å². The molecule has 0 saturated heterocycles. The summed E-state index contributed by atoms with van der Waals surface area (Å²) in [6, 6.07) is 2.51. The molecule has 0 bridgehead atoms. The molecule has 88 valence electrons. The predicted octanol–water partition coefficient (Wildman–Crippen LogP) is 3.62. The Morgan fingerprint density at radius 1 is 1.25 bits per heavy atom. The molecule has 2 rings (SSSR count). The van der Waals surface area contributed by atoms with Gasteiger partial charge in [-0.1, -0.05) is 19.8 Å². The van der Waals surface area contributed by atoms with E-state index in [1.807, 2.05) is 6.07 Å². The second-order valence-electron chi connectivity index (χ2n) is 4.68. The van der Waals surface area contributed by atoms with Gasteiger partial charge in [0.25, 0.3) is 0 Å². The molecule has 0 aliphatic heterocycles. The van der Waals surface area contributed by atoms with Gasteiger partial charge in [-0.3, -0.25) is 0 Å². The van der Waals surface area contributed by atoms with Crippen LogP contribution in [-0.2, 0) is 0 Å². The van der Waals surface area contributed by atoms with Crippen LogP contribution in [0.2, 0.25) is 0 Å². The van der Waals surface area contributed by atoms with Crippen molar-refractivity contribution in [2.75, 3.05) is 5.32 Å². The Hall–Kier alpha value is -0.640. The molecule has 2 atom stereocenters. The second-order valence-corrected chi connectivity index (χ2v) is 5.49. The second kappa shape index (κ2) is 5.62. The van der Waals surface area contributed by atoms with Crippen molar-refractivity contribution in [3.05, 3.63) is 17.0 Å². The molecule has 1 aromatic heterocycles. The molecule has 1 N–H and O–H groups in total. The van der Waals surface area contributed by atoms with Crippen molar-refractivity contribution < 1.29 is 0 Å². The van der Waals surface area contributed by atoms with E-state index in [4.69, 9.17) is 0 Å². The van der Waals surface area contributed by atoms with Gasteiger partial charge in [0.2, 0.25) is 0 Å². The normalized spacial score (nSPS) is 26.1. The van der Waals surface area contributed by atoms with E-state index in [-0.39, 0.29) is 0 Å².